The Morgan fingerprint density at radius 1 is 1.19 bits per heavy atom. The quantitative estimate of drug-likeness (QED) is 0.716. The van der Waals surface area contributed by atoms with Crippen LogP contribution >= 0.6 is 0 Å². The van der Waals surface area contributed by atoms with Crippen LogP contribution in [0.1, 0.15) is 32.2 Å². The number of anilines is 2. The summed E-state index contributed by atoms with van der Waals surface area (Å²) in [5, 5.41) is 0. The van der Waals surface area contributed by atoms with Gasteiger partial charge in [-0.05, 0) is 39.0 Å². The average molecular weight is 456 g/mol. The molecular formula is C21H24F4N4O3. The smallest absolute Gasteiger partial charge is 0.378 e. The van der Waals surface area contributed by atoms with Gasteiger partial charge in [0.15, 0.2) is 0 Å². The largest absolute Gasteiger partial charge is 0.419 e. The van der Waals surface area contributed by atoms with Crippen LogP contribution in [0.25, 0.3) is 0 Å². The molecule has 1 amide bonds. The normalized spacial score (nSPS) is 15.0. The Labute approximate surface area is 182 Å². The molecule has 1 N–H and O–H groups in total. The molecule has 0 atom stereocenters. The molecule has 1 saturated heterocycles. The van der Waals surface area contributed by atoms with E-state index in [-0.39, 0.29) is 17.9 Å². The van der Waals surface area contributed by atoms with Gasteiger partial charge in [0.05, 0.1) is 25.2 Å². The second kappa shape index (κ2) is 8.89. The minimum absolute atomic E-state index is 0.0800. The summed E-state index contributed by atoms with van der Waals surface area (Å²) in [5.74, 6) is -1.55. The van der Waals surface area contributed by atoms with E-state index in [0.29, 0.717) is 44.3 Å². The number of rotatable bonds is 4. The third-order valence-corrected chi connectivity index (χ3v) is 4.86. The van der Waals surface area contributed by atoms with E-state index in [1.54, 1.807) is 20.8 Å². The number of benzene rings is 1. The monoisotopic (exact) mass is 456 g/mol. The summed E-state index contributed by atoms with van der Waals surface area (Å²) in [6.07, 6.45) is -5.27. The van der Waals surface area contributed by atoms with Crippen LogP contribution in [-0.2, 0) is 22.1 Å². The molecule has 32 heavy (non-hydrogen) atoms. The zero-order valence-electron chi connectivity index (χ0n) is 17.9. The second-order valence-electron chi connectivity index (χ2n) is 8.39. The van der Waals surface area contributed by atoms with Gasteiger partial charge in [-0.2, -0.15) is 13.2 Å². The van der Waals surface area contributed by atoms with E-state index in [1.165, 1.54) is 6.07 Å². The van der Waals surface area contributed by atoms with Gasteiger partial charge in [-0.15, -0.1) is 0 Å². The van der Waals surface area contributed by atoms with Gasteiger partial charge >= 0.3 is 6.18 Å². The van der Waals surface area contributed by atoms with Crippen molar-refractivity contribution in [2.75, 3.05) is 36.1 Å². The SMILES string of the molecule is CC(C)(C)N(C(=O)Cc1nc(N2CCOCC2)cc(=O)[nH]1)c1ccc(F)c(C(F)(F)F)c1. The summed E-state index contributed by atoms with van der Waals surface area (Å²) >= 11 is 0. The topological polar surface area (TPSA) is 78.5 Å². The maximum Gasteiger partial charge on any atom is 0.419 e. The van der Waals surface area contributed by atoms with Gasteiger partial charge in [0.2, 0.25) is 5.91 Å². The molecule has 0 bridgehead atoms. The lowest BCUT2D eigenvalue weighted by molar-refractivity contribution is -0.140. The fourth-order valence-electron chi connectivity index (χ4n) is 3.53. The first-order valence-electron chi connectivity index (χ1n) is 9.99. The van der Waals surface area contributed by atoms with E-state index in [4.69, 9.17) is 4.74 Å². The molecule has 1 aliphatic rings. The average Bonchev–Trinajstić information content (AvgIpc) is 2.67. The summed E-state index contributed by atoms with van der Waals surface area (Å²) in [7, 11) is 0. The van der Waals surface area contributed by atoms with Gasteiger partial charge in [0.25, 0.3) is 5.56 Å². The van der Waals surface area contributed by atoms with Gasteiger partial charge in [-0.1, -0.05) is 0 Å². The maximum atomic E-state index is 13.8. The van der Waals surface area contributed by atoms with E-state index in [0.717, 1.165) is 11.0 Å². The number of carbonyl (C=O) groups excluding carboxylic acids is 1. The molecule has 1 aliphatic heterocycles. The third-order valence-electron chi connectivity index (χ3n) is 4.86. The molecule has 0 unspecified atom stereocenters. The number of halogens is 4. The highest BCUT2D eigenvalue weighted by atomic mass is 19.4. The van der Waals surface area contributed by atoms with Gasteiger partial charge in [0.1, 0.15) is 17.5 Å². The van der Waals surface area contributed by atoms with Crippen molar-refractivity contribution in [2.45, 2.75) is 38.9 Å². The molecule has 1 aromatic carbocycles. The Bertz CT molecular complexity index is 1040. The number of alkyl halides is 3. The summed E-state index contributed by atoms with van der Waals surface area (Å²) in [5.41, 5.74) is -2.95. The Balaban J connectivity index is 1.93. The molecule has 0 radical (unpaired) electrons. The van der Waals surface area contributed by atoms with Gasteiger partial charge in [-0.3, -0.25) is 9.59 Å². The Morgan fingerprint density at radius 3 is 2.44 bits per heavy atom. The molecular weight excluding hydrogens is 432 g/mol. The molecule has 7 nitrogen and oxygen atoms in total. The van der Waals surface area contributed by atoms with Crippen molar-refractivity contribution < 1.29 is 27.1 Å². The summed E-state index contributed by atoms with van der Waals surface area (Å²) < 4.78 is 58.6. The number of aromatic nitrogens is 2. The number of hydrogen-bond donors (Lipinski definition) is 1. The molecule has 1 aromatic heterocycles. The summed E-state index contributed by atoms with van der Waals surface area (Å²) in [6.45, 7) is 6.95. The maximum absolute atomic E-state index is 13.8. The van der Waals surface area contributed by atoms with Crippen LogP contribution < -0.4 is 15.4 Å². The molecule has 11 heteroatoms. The summed E-state index contributed by atoms with van der Waals surface area (Å²) in [6, 6.07) is 3.73. The van der Waals surface area contributed by atoms with Crippen LogP contribution in [0.5, 0.6) is 0 Å². The van der Waals surface area contributed by atoms with Crippen LogP contribution in [0, 0.1) is 5.82 Å². The minimum Gasteiger partial charge on any atom is -0.378 e. The zero-order valence-corrected chi connectivity index (χ0v) is 17.9. The van der Waals surface area contributed by atoms with Crippen molar-refractivity contribution in [3.8, 4) is 0 Å². The molecule has 0 spiro atoms. The standard InChI is InChI=1S/C21H24F4N4O3/c1-20(2,3)29(13-4-5-15(22)14(10-13)21(23,24)25)19(31)11-16-26-17(12-18(30)27-16)28-6-8-32-9-7-28/h4-5,10,12H,6-9,11H2,1-3H3,(H,26,27,30). The molecule has 174 valence electrons. The first-order valence-corrected chi connectivity index (χ1v) is 9.99. The predicted molar refractivity (Wildman–Crippen MR) is 110 cm³/mol. The fraction of sp³-hybridized carbons (Fsp3) is 0.476. The van der Waals surface area contributed by atoms with E-state index in [9.17, 15) is 27.2 Å². The Hall–Kier alpha value is -2.95. The molecule has 3 rings (SSSR count). The molecule has 0 saturated carbocycles. The van der Waals surface area contributed by atoms with Crippen LogP contribution in [-0.4, -0.2) is 47.7 Å². The van der Waals surface area contributed by atoms with Crippen molar-refractivity contribution >= 4 is 17.4 Å². The van der Waals surface area contributed by atoms with Crippen molar-refractivity contribution in [2.24, 2.45) is 0 Å². The van der Waals surface area contributed by atoms with Crippen LogP contribution in [0.3, 0.4) is 0 Å². The lowest BCUT2D eigenvalue weighted by atomic mass is 10.0. The zero-order chi connectivity index (χ0) is 23.7. The Morgan fingerprint density at radius 2 is 1.84 bits per heavy atom. The van der Waals surface area contributed by atoms with Crippen molar-refractivity contribution in [1.82, 2.24) is 9.97 Å². The van der Waals surface area contributed by atoms with E-state index in [2.05, 4.69) is 9.97 Å². The predicted octanol–water partition coefficient (Wildman–Crippen LogP) is 3.14. The highest BCUT2D eigenvalue weighted by molar-refractivity contribution is 5.95. The third kappa shape index (κ3) is 5.45. The van der Waals surface area contributed by atoms with Gasteiger partial charge in [0, 0.05) is 30.4 Å². The number of H-pyrrole nitrogens is 1. The molecule has 1 fully saturated rings. The first-order chi connectivity index (χ1) is 14.9. The highest BCUT2D eigenvalue weighted by Gasteiger charge is 2.36. The lowest BCUT2D eigenvalue weighted by Gasteiger charge is -2.36. The molecule has 2 aromatic rings. The van der Waals surface area contributed by atoms with E-state index < -0.39 is 34.6 Å². The Kier molecular flexibility index (Phi) is 6.59. The van der Waals surface area contributed by atoms with Crippen LogP contribution in [0.2, 0.25) is 0 Å². The first kappa shape index (κ1) is 23.7. The van der Waals surface area contributed by atoms with Crippen molar-refractivity contribution in [3.63, 3.8) is 0 Å². The van der Waals surface area contributed by atoms with E-state index in [1.807, 2.05) is 4.90 Å². The van der Waals surface area contributed by atoms with Crippen molar-refractivity contribution in [3.05, 3.63) is 51.8 Å². The number of nitrogens with zero attached hydrogens (tertiary/aromatic N) is 3. The number of morpholine rings is 1. The molecule has 2 heterocycles. The number of nitrogens with one attached hydrogen (secondary N) is 1. The number of ether oxygens (including phenoxy) is 1. The number of carbonyl (C=O) groups is 1. The lowest BCUT2D eigenvalue weighted by Crippen LogP contribution is -2.47. The van der Waals surface area contributed by atoms with Crippen LogP contribution in [0.4, 0.5) is 29.1 Å². The summed E-state index contributed by atoms with van der Waals surface area (Å²) in [4.78, 5) is 35.1. The second-order valence-corrected chi connectivity index (χ2v) is 8.39. The number of aromatic amines is 1. The van der Waals surface area contributed by atoms with E-state index >= 15 is 0 Å². The minimum atomic E-state index is -4.91. The molecule has 0 aliphatic carbocycles. The van der Waals surface area contributed by atoms with Gasteiger partial charge < -0.3 is 19.5 Å². The fourth-order valence-corrected chi connectivity index (χ4v) is 3.53. The van der Waals surface area contributed by atoms with Crippen LogP contribution in [0.15, 0.2) is 29.1 Å². The van der Waals surface area contributed by atoms with Crippen molar-refractivity contribution in [1.29, 1.82) is 0 Å². The number of amides is 1. The highest BCUT2D eigenvalue weighted by Crippen LogP contribution is 2.35. The van der Waals surface area contributed by atoms with Gasteiger partial charge in [-0.25, -0.2) is 9.37 Å². The number of hydrogen-bond acceptors (Lipinski definition) is 5.